The summed E-state index contributed by atoms with van der Waals surface area (Å²) in [5, 5.41) is 2.96. The van der Waals surface area contributed by atoms with Gasteiger partial charge in [0.1, 0.15) is 5.75 Å². The molecule has 0 aliphatic heterocycles. The number of methoxy groups -OCH3 is 2. The van der Waals surface area contributed by atoms with E-state index in [0.717, 1.165) is 11.1 Å². The fourth-order valence-corrected chi connectivity index (χ4v) is 2.48. The van der Waals surface area contributed by atoms with Crippen LogP contribution in [0.3, 0.4) is 0 Å². The van der Waals surface area contributed by atoms with Crippen molar-refractivity contribution in [3.8, 4) is 17.2 Å². The fraction of sp³-hybridized carbons (Fsp3) is 0.350. The zero-order valence-electron chi connectivity index (χ0n) is 15.3. The highest BCUT2D eigenvalue weighted by Gasteiger charge is 2.18. The first-order chi connectivity index (χ1) is 11.9. The van der Waals surface area contributed by atoms with Crippen LogP contribution in [0, 0.1) is 6.92 Å². The molecule has 2 aromatic carbocycles. The zero-order valence-corrected chi connectivity index (χ0v) is 15.3. The van der Waals surface area contributed by atoms with Crippen LogP contribution in [0.5, 0.6) is 17.2 Å². The number of carbonyl (C=O) groups excluding carboxylic acids is 1. The first kappa shape index (κ1) is 18.6. The SMILES string of the molecule is COc1ccc([C@@H](C)NC(=O)[C@H](C)Oc2cccc(C)c2)cc1OC. The maximum Gasteiger partial charge on any atom is 0.261 e. The summed E-state index contributed by atoms with van der Waals surface area (Å²) < 4.78 is 16.3. The lowest BCUT2D eigenvalue weighted by Crippen LogP contribution is -2.37. The Labute approximate surface area is 148 Å². The monoisotopic (exact) mass is 343 g/mol. The van der Waals surface area contributed by atoms with Crippen molar-refractivity contribution in [3.05, 3.63) is 53.6 Å². The second kappa shape index (κ2) is 8.42. The predicted molar refractivity (Wildman–Crippen MR) is 97.4 cm³/mol. The van der Waals surface area contributed by atoms with E-state index in [1.54, 1.807) is 21.1 Å². The number of rotatable bonds is 7. The second-order valence-electron chi connectivity index (χ2n) is 5.92. The van der Waals surface area contributed by atoms with E-state index in [-0.39, 0.29) is 11.9 Å². The van der Waals surface area contributed by atoms with E-state index in [4.69, 9.17) is 14.2 Å². The molecule has 25 heavy (non-hydrogen) atoms. The molecule has 0 saturated heterocycles. The van der Waals surface area contributed by atoms with E-state index in [1.165, 1.54) is 0 Å². The van der Waals surface area contributed by atoms with Gasteiger partial charge in [-0.1, -0.05) is 18.2 Å². The van der Waals surface area contributed by atoms with Crippen molar-refractivity contribution in [1.82, 2.24) is 5.32 Å². The van der Waals surface area contributed by atoms with Gasteiger partial charge in [-0.3, -0.25) is 4.79 Å². The number of aryl methyl sites for hydroxylation is 1. The molecular formula is C20H25NO4. The van der Waals surface area contributed by atoms with Gasteiger partial charge in [0, 0.05) is 0 Å². The molecule has 5 heteroatoms. The van der Waals surface area contributed by atoms with E-state index in [0.29, 0.717) is 17.2 Å². The molecular weight excluding hydrogens is 318 g/mol. The lowest BCUT2D eigenvalue weighted by atomic mass is 10.1. The average Bonchev–Trinajstić information content (AvgIpc) is 2.60. The van der Waals surface area contributed by atoms with Crippen molar-refractivity contribution >= 4 is 5.91 Å². The molecule has 0 aliphatic carbocycles. The number of carbonyl (C=O) groups is 1. The summed E-state index contributed by atoms with van der Waals surface area (Å²) in [6.45, 7) is 5.63. The van der Waals surface area contributed by atoms with Gasteiger partial charge in [-0.25, -0.2) is 0 Å². The van der Waals surface area contributed by atoms with E-state index >= 15 is 0 Å². The van der Waals surface area contributed by atoms with Gasteiger partial charge in [0.15, 0.2) is 17.6 Å². The number of benzene rings is 2. The third kappa shape index (κ3) is 4.89. The fourth-order valence-electron chi connectivity index (χ4n) is 2.48. The Morgan fingerprint density at radius 3 is 2.36 bits per heavy atom. The van der Waals surface area contributed by atoms with E-state index in [1.807, 2.05) is 56.3 Å². The standard InChI is InChI=1S/C20H25NO4/c1-13-7-6-8-17(11-13)25-15(3)20(22)21-14(2)16-9-10-18(23-4)19(12-16)24-5/h6-12,14-15H,1-5H3,(H,21,22)/t14-,15+/m1/s1. The molecule has 0 heterocycles. The van der Waals surface area contributed by atoms with Gasteiger partial charge in [0.05, 0.1) is 20.3 Å². The lowest BCUT2D eigenvalue weighted by Gasteiger charge is -2.20. The van der Waals surface area contributed by atoms with Crippen molar-refractivity contribution in [3.63, 3.8) is 0 Å². The summed E-state index contributed by atoms with van der Waals surface area (Å²) >= 11 is 0. The molecule has 134 valence electrons. The summed E-state index contributed by atoms with van der Waals surface area (Å²) in [5.74, 6) is 1.79. The minimum atomic E-state index is -0.593. The third-order valence-electron chi connectivity index (χ3n) is 3.94. The highest BCUT2D eigenvalue weighted by molar-refractivity contribution is 5.81. The minimum absolute atomic E-state index is 0.177. The summed E-state index contributed by atoms with van der Waals surface area (Å²) in [6, 6.07) is 13.0. The van der Waals surface area contributed by atoms with Crippen molar-refractivity contribution in [1.29, 1.82) is 0 Å². The molecule has 1 N–H and O–H groups in total. The highest BCUT2D eigenvalue weighted by Crippen LogP contribution is 2.29. The molecule has 0 saturated carbocycles. The smallest absolute Gasteiger partial charge is 0.261 e. The second-order valence-corrected chi connectivity index (χ2v) is 5.92. The maximum absolute atomic E-state index is 12.4. The molecule has 2 aromatic rings. The number of amides is 1. The molecule has 1 amide bonds. The van der Waals surface area contributed by atoms with Crippen molar-refractivity contribution in [2.45, 2.75) is 32.9 Å². The number of ether oxygens (including phenoxy) is 3. The quantitative estimate of drug-likeness (QED) is 0.834. The van der Waals surface area contributed by atoms with Gasteiger partial charge < -0.3 is 19.5 Å². The first-order valence-corrected chi connectivity index (χ1v) is 8.20. The van der Waals surface area contributed by atoms with Gasteiger partial charge in [-0.15, -0.1) is 0 Å². The summed E-state index contributed by atoms with van der Waals surface area (Å²) in [5.41, 5.74) is 2.01. The Balaban J connectivity index is 2.01. The van der Waals surface area contributed by atoms with Crippen LogP contribution in [0.25, 0.3) is 0 Å². The molecule has 0 aromatic heterocycles. The lowest BCUT2D eigenvalue weighted by molar-refractivity contribution is -0.127. The van der Waals surface area contributed by atoms with Gasteiger partial charge >= 0.3 is 0 Å². The molecule has 0 radical (unpaired) electrons. The molecule has 2 atom stereocenters. The zero-order chi connectivity index (χ0) is 18.4. The van der Waals surface area contributed by atoms with Crippen LogP contribution in [0.2, 0.25) is 0 Å². The summed E-state index contributed by atoms with van der Waals surface area (Å²) in [6.07, 6.45) is -0.593. The van der Waals surface area contributed by atoms with Crippen LogP contribution >= 0.6 is 0 Å². The molecule has 0 spiro atoms. The van der Waals surface area contributed by atoms with Crippen LogP contribution in [0.1, 0.15) is 31.0 Å². The van der Waals surface area contributed by atoms with E-state index in [2.05, 4.69) is 5.32 Å². The Kier molecular flexibility index (Phi) is 6.28. The molecule has 0 fully saturated rings. The number of hydrogen-bond donors (Lipinski definition) is 1. The van der Waals surface area contributed by atoms with Crippen molar-refractivity contribution in [2.75, 3.05) is 14.2 Å². The maximum atomic E-state index is 12.4. The van der Waals surface area contributed by atoms with Gasteiger partial charge in [0.2, 0.25) is 0 Å². The van der Waals surface area contributed by atoms with E-state index < -0.39 is 6.10 Å². The molecule has 5 nitrogen and oxygen atoms in total. The topological polar surface area (TPSA) is 56.8 Å². The van der Waals surface area contributed by atoms with Crippen LogP contribution in [0.4, 0.5) is 0 Å². The third-order valence-corrected chi connectivity index (χ3v) is 3.94. The Bertz CT molecular complexity index is 729. The van der Waals surface area contributed by atoms with Gasteiger partial charge in [-0.2, -0.15) is 0 Å². The Hall–Kier alpha value is -2.69. The molecule has 2 rings (SSSR count). The van der Waals surface area contributed by atoms with Crippen molar-refractivity contribution in [2.24, 2.45) is 0 Å². The number of hydrogen-bond acceptors (Lipinski definition) is 4. The summed E-state index contributed by atoms with van der Waals surface area (Å²) in [4.78, 5) is 12.4. The Morgan fingerprint density at radius 1 is 1.00 bits per heavy atom. The van der Waals surface area contributed by atoms with Crippen LogP contribution in [0.15, 0.2) is 42.5 Å². The van der Waals surface area contributed by atoms with Gasteiger partial charge in [0.25, 0.3) is 5.91 Å². The molecule has 0 aliphatic rings. The highest BCUT2D eigenvalue weighted by atomic mass is 16.5. The Morgan fingerprint density at radius 2 is 1.72 bits per heavy atom. The largest absolute Gasteiger partial charge is 0.493 e. The van der Waals surface area contributed by atoms with Crippen LogP contribution in [-0.2, 0) is 4.79 Å². The minimum Gasteiger partial charge on any atom is -0.493 e. The van der Waals surface area contributed by atoms with Crippen LogP contribution in [-0.4, -0.2) is 26.2 Å². The van der Waals surface area contributed by atoms with E-state index in [9.17, 15) is 4.79 Å². The van der Waals surface area contributed by atoms with Gasteiger partial charge in [-0.05, 0) is 56.2 Å². The number of nitrogens with one attached hydrogen (secondary N) is 1. The average molecular weight is 343 g/mol. The molecule has 0 bridgehead atoms. The normalized spacial score (nSPS) is 12.8. The molecule has 0 unspecified atom stereocenters. The predicted octanol–water partition coefficient (Wildman–Crippen LogP) is 3.66. The van der Waals surface area contributed by atoms with Crippen molar-refractivity contribution < 1.29 is 19.0 Å². The van der Waals surface area contributed by atoms with Crippen LogP contribution < -0.4 is 19.5 Å². The first-order valence-electron chi connectivity index (χ1n) is 8.20. The summed E-state index contributed by atoms with van der Waals surface area (Å²) in [7, 11) is 3.18.